The summed E-state index contributed by atoms with van der Waals surface area (Å²) >= 11 is 0. The Hall–Kier alpha value is -1.56. The molecule has 7 nitrogen and oxygen atoms in total. The molecule has 0 aromatic carbocycles. The van der Waals surface area contributed by atoms with Crippen molar-refractivity contribution in [2.75, 3.05) is 13.2 Å². The first-order chi connectivity index (χ1) is 9.48. The number of rotatable bonds is 7. The van der Waals surface area contributed by atoms with Crippen molar-refractivity contribution in [3.63, 3.8) is 0 Å². The Kier molecular flexibility index (Phi) is 6.51. The van der Waals surface area contributed by atoms with Crippen LogP contribution in [0.3, 0.4) is 0 Å². The van der Waals surface area contributed by atoms with Crippen LogP contribution >= 0.6 is 0 Å². The van der Waals surface area contributed by atoms with Gasteiger partial charge in [-0.25, -0.2) is 0 Å². The zero-order valence-electron chi connectivity index (χ0n) is 12.1. The van der Waals surface area contributed by atoms with Crippen LogP contribution in [0, 0.1) is 0 Å². The molecule has 0 saturated carbocycles. The van der Waals surface area contributed by atoms with Gasteiger partial charge < -0.3 is 14.2 Å². The molecule has 0 bridgehead atoms. The van der Waals surface area contributed by atoms with Crippen LogP contribution < -0.4 is 0 Å². The van der Waals surface area contributed by atoms with Crippen LogP contribution in [0.5, 0.6) is 0 Å². The molecule has 1 aliphatic rings. The average Bonchev–Trinajstić information content (AvgIpc) is 2.67. The molecule has 1 saturated heterocycles. The molecule has 1 fully saturated rings. The molecule has 0 amide bonds. The smallest absolute Gasteiger partial charge is 0.306 e. The summed E-state index contributed by atoms with van der Waals surface area (Å²) in [4.78, 5) is 13.9. The highest BCUT2D eigenvalue weighted by Crippen LogP contribution is 2.29. The topological polar surface area (TPSA) is 93.5 Å². The molecule has 1 heterocycles. The van der Waals surface area contributed by atoms with Crippen LogP contribution in [0.4, 0.5) is 0 Å². The lowest BCUT2D eigenvalue weighted by molar-refractivity contribution is -0.143. The molecule has 0 aliphatic carbocycles. The zero-order valence-corrected chi connectivity index (χ0v) is 12.1. The van der Waals surface area contributed by atoms with Crippen molar-refractivity contribution in [3.8, 4) is 0 Å². The standard InChI is InChI=1S/C13H21N3O4/c1-4-18-12(17)8-6-5-7-10-11(9-15-16-14)20-13(2,3)19-10/h5,7,10-11H,4,6,8-9H2,1-3H3/b7-5-/t10-,11+/m1/s1. The average molecular weight is 283 g/mol. The first-order valence-corrected chi connectivity index (χ1v) is 6.67. The van der Waals surface area contributed by atoms with Gasteiger partial charge in [0.05, 0.1) is 19.3 Å². The van der Waals surface area contributed by atoms with Gasteiger partial charge >= 0.3 is 5.97 Å². The number of ether oxygens (including phenoxy) is 3. The summed E-state index contributed by atoms with van der Waals surface area (Å²) in [5.41, 5.74) is 8.36. The van der Waals surface area contributed by atoms with Crippen molar-refractivity contribution in [3.05, 3.63) is 22.6 Å². The third-order valence-electron chi connectivity index (χ3n) is 2.69. The van der Waals surface area contributed by atoms with Crippen LogP contribution in [-0.2, 0) is 19.0 Å². The third-order valence-corrected chi connectivity index (χ3v) is 2.69. The number of nitrogens with zero attached hydrogens (tertiary/aromatic N) is 3. The van der Waals surface area contributed by atoms with Crippen LogP contribution in [0.15, 0.2) is 17.3 Å². The van der Waals surface area contributed by atoms with Gasteiger partial charge in [-0.2, -0.15) is 0 Å². The minimum atomic E-state index is -0.703. The molecule has 0 aromatic rings. The number of esters is 1. The second-order valence-electron chi connectivity index (χ2n) is 4.82. The van der Waals surface area contributed by atoms with E-state index in [0.717, 1.165) is 0 Å². The Bertz CT molecular complexity index is 402. The number of azide groups is 1. The van der Waals surface area contributed by atoms with Gasteiger partial charge in [0.2, 0.25) is 0 Å². The molecule has 7 heteroatoms. The van der Waals surface area contributed by atoms with Crippen molar-refractivity contribution in [1.82, 2.24) is 0 Å². The van der Waals surface area contributed by atoms with Gasteiger partial charge in [-0.05, 0) is 32.7 Å². The molecule has 1 rings (SSSR count). The fraction of sp³-hybridized carbons (Fsp3) is 0.769. The summed E-state index contributed by atoms with van der Waals surface area (Å²) in [5.74, 6) is -0.919. The highest BCUT2D eigenvalue weighted by Gasteiger charge is 2.39. The van der Waals surface area contributed by atoms with E-state index in [1.54, 1.807) is 6.92 Å². The minimum Gasteiger partial charge on any atom is -0.466 e. The highest BCUT2D eigenvalue weighted by atomic mass is 16.7. The van der Waals surface area contributed by atoms with Crippen LogP contribution in [0.25, 0.3) is 10.4 Å². The number of carbonyl (C=O) groups excluding carboxylic acids is 1. The van der Waals surface area contributed by atoms with Crippen molar-refractivity contribution in [2.45, 2.75) is 51.6 Å². The number of hydrogen-bond acceptors (Lipinski definition) is 5. The third kappa shape index (κ3) is 5.61. The molecular weight excluding hydrogens is 262 g/mol. The predicted octanol–water partition coefficient (Wildman–Crippen LogP) is 2.72. The van der Waals surface area contributed by atoms with Gasteiger partial charge in [0.15, 0.2) is 5.79 Å². The predicted molar refractivity (Wildman–Crippen MR) is 72.8 cm³/mol. The Labute approximate surface area is 118 Å². The van der Waals surface area contributed by atoms with E-state index in [9.17, 15) is 4.79 Å². The quantitative estimate of drug-likeness (QED) is 0.236. The maximum absolute atomic E-state index is 11.2. The minimum absolute atomic E-state index is 0.215. The maximum Gasteiger partial charge on any atom is 0.306 e. The molecule has 0 spiro atoms. The summed E-state index contributed by atoms with van der Waals surface area (Å²) < 4.78 is 16.2. The lowest BCUT2D eigenvalue weighted by Crippen LogP contribution is -2.23. The largest absolute Gasteiger partial charge is 0.466 e. The van der Waals surface area contributed by atoms with Crippen LogP contribution in [0.2, 0.25) is 0 Å². The Morgan fingerprint density at radius 1 is 1.50 bits per heavy atom. The van der Waals surface area contributed by atoms with E-state index in [4.69, 9.17) is 19.7 Å². The fourth-order valence-electron chi connectivity index (χ4n) is 1.95. The summed E-state index contributed by atoms with van der Waals surface area (Å²) in [6.45, 7) is 6.00. The number of carbonyl (C=O) groups is 1. The highest BCUT2D eigenvalue weighted by molar-refractivity contribution is 5.69. The Morgan fingerprint density at radius 3 is 2.90 bits per heavy atom. The van der Waals surface area contributed by atoms with Gasteiger partial charge in [-0.1, -0.05) is 17.3 Å². The van der Waals surface area contributed by atoms with E-state index in [2.05, 4.69) is 10.0 Å². The number of hydrogen-bond donors (Lipinski definition) is 0. The number of allylic oxidation sites excluding steroid dienone is 1. The molecule has 20 heavy (non-hydrogen) atoms. The zero-order chi connectivity index (χ0) is 15.0. The SMILES string of the molecule is CCOC(=O)CC/C=C\[C@H]1OC(C)(C)O[C@H]1CN=[N+]=[N-]. The second kappa shape index (κ2) is 7.89. The normalized spacial score (nSPS) is 24.6. The van der Waals surface area contributed by atoms with E-state index in [1.165, 1.54) is 0 Å². The van der Waals surface area contributed by atoms with Gasteiger partial charge in [-0.15, -0.1) is 0 Å². The van der Waals surface area contributed by atoms with E-state index in [1.807, 2.05) is 26.0 Å². The molecule has 0 radical (unpaired) electrons. The lowest BCUT2D eigenvalue weighted by atomic mass is 10.1. The van der Waals surface area contributed by atoms with Crippen molar-refractivity contribution in [1.29, 1.82) is 0 Å². The molecule has 0 unspecified atom stereocenters. The van der Waals surface area contributed by atoms with Gasteiger partial charge in [0, 0.05) is 11.3 Å². The lowest BCUT2D eigenvalue weighted by Gasteiger charge is -2.16. The summed E-state index contributed by atoms with van der Waals surface area (Å²) in [6.07, 6.45) is 4.02. The fourth-order valence-corrected chi connectivity index (χ4v) is 1.95. The monoisotopic (exact) mass is 283 g/mol. The van der Waals surface area contributed by atoms with E-state index in [-0.39, 0.29) is 24.7 Å². The van der Waals surface area contributed by atoms with Gasteiger partial charge in [-0.3, -0.25) is 4.79 Å². The second-order valence-corrected chi connectivity index (χ2v) is 4.82. The van der Waals surface area contributed by atoms with Crippen molar-refractivity contribution < 1.29 is 19.0 Å². The first-order valence-electron chi connectivity index (χ1n) is 6.67. The molecule has 2 atom stereocenters. The molecule has 0 aromatic heterocycles. The van der Waals surface area contributed by atoms with E-state index < -0.39 is 5.79 Å². The first kappa shape index (κ1) is 16.5. The van der Waals surface area contributed by atoms with Gasteiger partial charge in [0.1, 0.15) is 6.10 Å². The molecule has 1 aliphatic heterocycles. The van der Waals surface area contributed by atoms with Gasteiger partial charge in [0.25, 0.3) is 0 Å². The van der Waals surface area contributed by atoms with Crippen molar-refractivity contribution in [2.24, 2.45) is 5.11 Å². The summed E-state index contributed by atoms with van der Waals surface area (Å²) in [6, 6.07) is 0. The molecule has 112 valence electrons. The van der Waals surface area contributed by atoms with E-state index in [0.29, 0.717) is 19.4 Å². The summed E-state index contributed by atoms with van der Waals surface area (Å²) in [5, 5.41) is 3.52. The Morgan fingerprint density at radius 2 is 2.25 bits per heavy atom. The Balaban J connectivity index is 2.46. The van der Waals surface area contributed by atoms with Crippen LogP contribution in [-0.4, -0.2) is 37.1 Å². The van der Waals surface area contributed by atoms with E-state index >= 15 is 0 Å². The molecular formula is C13H21N3O4. The van der Waals surface area contributed by atoms with Crippen molar-refractivity contribution >= 4 is 5.97 Å². The summed E-state index contributed by atoms with van der Waals surface area (Å²) in [7, 11) is 0. The maximum atomic E-state index is 11.2. The van der Waals surface area contributed by atoms with Crippen LogP contribution in [0.1, 0.15) is 33.6 Å². The molecule has 0 N–H and O–H groups in total.